The number of para-hydroxylation sites is 1. The summed E-state index contributed by atoms with van der Waals surface area (Å²) in [5, 5.41) is 4.57. The largest absolute Gasteiger partial charge is 0.336 e. The zero-order valence-electron chi connectivity index (χ0n) is 8.47. The topological polar surface area (TPSA) is 41.1 Å². The number of benzene rings is 1. The molecule has 0 aliphatic heterocycles. The highest BCUT2D eigenvalue weighted by atomic mass is 19.1. The van der Waals surface area contributed by atoms with E-state index < -0.39 is 23.4 Å². The fraction of sp³-hybridized carbons (Fsp3) is 0.300. The lowest BCUT2D eigenvalue weighted by Gasteiger charge is -2.11. The molecule has 1 aromatic rings. The number of carbonyl (C=O) groups excluding carboxylic acids is 1. The first-order valence-electron chi connectivity index (χ1n) is 4.52. The molecule has 0 bridgehead atoms. The quantitative estimate of drug-likeness (QED) is 0.780. The van der Waals surface area contributed by atoms with Gasteiger partial charge in [-0.2, -0.15) is 0 Å². The number of carbonyl (C=O) groups is 1. The highest BCUT2D eigenvalue weighted by Gasteiger charge is 2.11. The zero-order valence-corrected chi connectivity index (χ0v) is 8.47. The molecule has 0 saturated heterocycles. The summed E-state index contributed by atoms with van der Waals surface area (Å²) in [5.74, 6) is -1.59. The number of anilines is 1. The molecule has 0 heterocycles. The van der Waals surface area contributed by atoms with E-state index in [-0.39, 0.29) is 6.04 Å². The van der Waals surface area contributed by atoms with E-state index in [4.69, 9.17) is 0 Å². The van der Waals surface area contributed by atoms with Crippen LogP contribution >= 0.6 is 0 Å². The minimum Gasteiger partial charge on any atom is -0.336 e. The maximum absolute atomic E-state index is 13.1. The molecule has 0 aromatic heterocycles. The summed E-state index contributed by atoms with van der Waals surface area (Å²) in [6.45, 7) is 3.49. The molecular weight excluding hydrogens is 202 g/mol. The molecular formula is C10H12F2N2O. The van der Waals surface area contributed by atoms with Crippen LogP contribution in [0.5, 0.6) is 0 Å². The molecule has 0 fully saturated rings. The predicted molar refractivity (Wildman–Crippen MR) is 53.6 cm³/mol. The molecule has 0 unspecified atom stereocenters. The van der Waals surface area contributed by atoms with Crippen LogP contribution in [0.1, 0.15) is 13.8 Å². The standard InChI is InChI=1S/C10H12F2N2O/c1-6(2)13-10(15)14-9-7(11)4-3-5-8(9)12/h3-6H,1-2H3,(H2,13,14,15). The van der Waals surface area contributed by atoms with Gasteiger partial charge >= 0.3 is 6.03 Å². The van der Waals surface area contributed by atoms with E-state index in [2.05, 4.69) is 10.6 Å². The summed E-state index contributed by atoms with van der Waals surface area (Å²) in [4.78, 5) is 11.2. The summed E-state index contributed by atoms with van der Waals surface area (Å²) in [6.07, 6.45) is 0. The average molecular weight is 214 g/mol. The Hall–Kier alpha value is -1.65. The molecule has 1 rings (SSSR count). The molecule has 0 saturated carbocycles. The Morgan fingerprint density at radius 2 is 1.80 bits per heavy atom. The monoisotopic (exact) mass is 214 g/mol. The zero-order chi connectivity index (χ0) is 11.4. The van der Waals surface area contributed by atoms with Crippen molar-refractivity contribution in [3.8, 4) is 0 Å². The number of halogens is 2. The van der Waals surface area contributed by atoms with Crippen LogP contribution in [0.15, 0.2) is 18.2 Å². The first-order chi connectivity index (χ1) is 7.00. The molecule has 0 spiro atoms. The van der Waals surface area contributed by atoms with Crippen LogP contribution < -0.4 is 10.6 Å². The van der Waals surface area contributed by atoms with E-state index >= 15 is 0 Å². The third-order valence-corrected chi connectivity index (χ3v) is 1.62. The van der Waals surface area contributed by atoms with Crippen molar-refractivity contribution in [1.29, 1.82) is 0 Å². The van der Waals surface area contributed by atoms with Crippen molar-refractivity contribution in [3.05, 3.63) is 29.8 Å². The van der Waals surface area contributed by atoms with Crippen molar-refractivity contribution in [2.75, 3.05) is 5.32 Å². The van der Waals surface area contributed by atoms with Crippen molar-refractivity contribution in [2.45, 2.75) is 19.9 Å². The smallest absolute Gasteiger partial charge is 0.319 e. The second-order valence-electron chi connectivity index (χ2n) is 3.35. The lowest BCUT2D eigenvalue weighted by Crippen LogP contribution is -2.34. The number of nitrogens with one attached hydrogen (secondary N) is 2. The number of hydrogen-bond donors (Lipinski definition) is 2. The molecule has 2 N–H and O–H groups in total. The van der Waals surface area contributed by atoms with Crippen molar-refractivity contribution in [1.82, 2.24) is 5.32 Å². The Morgan fingerprint density at radius 3 is 2.27 bits per heavy atom. The molecule has 3 nitrogen and oxygen atoms in total. The summed E-state index contributed by atoms with van der Waals surface area (Å²) >= 11 is 0. The number of hydrogen-bond acceptors (Lipinski definition) is 1. The van der Waals surface area contributed by atoms with E-state index in [1.807, 2.05) is 0 Å². The molecule has 0 aliphatic carbocycles. The van der Waals surface area contributed by atoms with E-state index in [1.54, 1.807) is 13.8 Å². The second kappa shape index (κ2) is 4.72. The number of urea groups is 1. The number of rotatable bonds is 2. The molecule has 5 heteroatoms. The highest BCUT2D eigenvalue weighted by molar-refractivity contribution is 5.89. The maximum atomic E-state index is 13.1. The fourth-order valence-corrected chi connectivity index (χ4v) is 1.03. The summed E-state index contributed by atoms with van der Waals surface area (Å²) in [6, 6.07) is 2.66. The lowest BCUT2D eigenvalue weighted by molar-refractivity contribution is 0.249. The van der Waals surface area contributed by atoms with Gasteiger partial charge in [-0.15, -0.1) is 0 Å². The Kier molecular flexibility index (Phi) is 3.60. The van der Waals surface area contributed by atoms with Gasteiger partial charge in [0.25, 0.3) is 0 Å². The molecule has 0 atom stereocenters. The minimum absolute atomic E-state index is 0.0974. The van der Waals surface area contributed by atoms with Gasteiger partial charge in [0.15, 0.2) is 0 Å². The van der Waals surface area contributed by atoms with Crippen LogP contribution in [0, 0.1) is 11.6 Å². The van der Waals surface area contributed by atoms with Gasteiger partial charge in [-0.1, -0.05) is 6.07 Å². The van der Waals surface area contributed by atoms with Gasteiger partial charge in [-0.3, -0.25) is 0 Å². The first kappa shape index (κ1) is 11.4. The summed E-state index contributed by atoms with van der Waals surface area (Å²) in [5.41, 5.74) is -0.435. The van der Waals surface area contributed by atoms with Crippen LogP contribution in [-0.2, 0) is 0 Å². The van der Waals surface area contributed by atoms with Crippen LogP contribution in [0.3, 0.4) is 0 Å². The van der Waals surface area contributed by atoms with Gasteiger partial charge < -0.3 is 10.6 Å². The highest BCUT2D eigenvalue weighted by Crippen LogP contribution is 2.17. The van der Waals surface area contributed by atoms with Gasteiger partial charge in [0, 0.05) is 6.04 Å². The Bertz CT molecular complexity index is 346. The molecule has 1 aromatic carbocycles. The van der Waals surface area contributed by atoms with E-state index in [1.165, 1.54) is 6.07 Å². The van der Waals surface area contributed by atoms with E-state index in [9.17, 15) is 13.6 Å². The summed E-state index contributed by atoms with van der Waals surface area (Å²) < 4.78 is 26.1. The van der Waals surface area contributed by atoms with Crippen LogP contribution in [0.25, 0.3) is 0 Å². The van der Waals surface area contributed by atoms with E-state index in [0.717, 1.165) is 12.1 Å². The van der Waals surface area contributed by atoms with Crippen molar-refractivity contribution in [3.63, 3.8) is 0 Å². The normalized spacial score (nSPS) is 10.2. The van der Waals surface area contributed by atoms with Crippen molar-refractivity contribution in [2.24, 2.45) is 0 Å². The fourth-order valence-electron chi connectivity index (χ4n) is 1.03. The van der Waals surface area contributed by atoms with Crippen LogP contribution in [0.4, 0.5) is 19.3 Å². The number of amides is 2. The minimum atomic E-state index is -0.797. The second-order valence-corrected chi connectivity index (χ2v) is 3.35. The third kappa shape index (κ3) is 3.19. The Labute approximate surface area is 86.5 Å². The van der Waals surface area contributed by atoms with Gasteiger partial charge in [-0.25, -0.2) is 13.6 Å². The molecule has 82 valence electrons. The molecule has 2 amide bonds. The van der Waals surface area contributed by atoms with Gasteiger partial charge in [0.1, 0.15) is 17.3 Å². The average Bonchev–Trinajstić information content (AvgIpc) is 2.10. The SMILES string of the molecule is CC(C)NC(=O)Nc1c(F)cccc1F. The molecule has 15 heavy (non-hydrogen) atoms. The Balaban J connectivity index is 2.76. The van der Waals surface area contributed by atoms with Crippen LogP contribution in [0.2, 0.25) is 0 Å². The molecule has 0 aliphatic rings. The van der Waals surface area contributed by atoms with Crippen LogP contribution in [-0.4, -0.2) is 12.1 Å². The van der Waals surface area contributed by atoms with Crippen molar-refractivity contribution < 1.29 is 13.6 Å². The maximum Gasteiger partial charge on any atom is 0.319 e. The summed E-state index contributed by atoms with van der Waals surface area (Å²) in [7, 11) is 0. The Morgan fingerprint density at radius 1 is 1.27 bits per heavy atom. The van der Waals surface area contributed by atoms with Gasteiger partial charge in [0.05, 0.1) is 0 Å². The molecule has 0 radical (unpaired) electrons. The predicted octanol–water partition coefficient (Wildman–Crippen LogP) is 2.49. The van der Waals surface area contributed by atoms with Crippen molar-refractivity contribution >= 4 is 11.7 Å². The third-order valence-electron chi connectivity index (χ3n) is 1.62. The van der Waals surface area contributed by atoms with Gasteiger partial charge in [-0.05, 0) is 26.0 Å². The lowest BCUT2D eigenvalue weighted by atomic mass is 10.3. The van der Waals surface area contributed by atoms with Gasteiger partial charge in [0.2, 0.25) is 0 Å². The van der Waals surface area contributed by atoms with E-state index in [0.29, 0.717) is 0 Å². The first-order valence-corrected chi connectivity index (χ1v) is 4.52.